The molecule has 6 nitrogen and oxygen atoms in total. The van der Waals surface area contributed by atoms with Crippen LogP contribution in [-0.4, -0.2) is 16.2 Å². The lowest BCUT2D eigenvalue weighted by Gasteiger charge is -2.35. The molecule has 0 bridgehead atoms. The first-order valence-corrected chi connectivity index (χ1v) is 11.0. The first kappa shape index (κ1) is 21.2. The van der Waals surface area contributed by atoms with E-state index in [1.165, 1.54) is 0 Å². The Hall–Kier alpha value is -3.61. The summed E-state index contributed by atoms with van der Waals surface area (Å²) in [7, 11) is 0. The lowest BCUT2D eigenvalue weighted by molar-refractivity contribution is 0.244. The maximum atomic E-state index is 13.2. The van der Waals surface area contributed by atoms with Crippen molar-refractivity contribution in [2.24, 2.45) is 0 Å². The van der Waals surface area contributed by atoms with Gasteiger partial charge in [0.25, 0.3) is 5.89 Å². The molecule has 8 heteroatoms. The van der Waals surface area contributed by atoms with Gasteiger partial charge in [-0.25, -0.2) is 4.79 Å². The number of rotatable bonds is 4. The summed E-state index contributed by atoms with van der Waals surface area (Å²) < 4.78 is 5.70. The van der Waals surface area contributed by atoms with Crippen molar-refractivity contribution in [1.82, 2.24) is 15.5 Å². The first-order chi connectivity index (χ1) is 16.0. The highest BCUT2D eigenvalue weighted by atomic mass is 35.5. The molecule has 0 radical (unpaired) electrons. The number of aromatic nitrogens is 2. The van der Waals surface area contributed by atoms with E-state index >= 15 is 0 Å². The van der Waals surface area contributed by atoms with Crippen molar-refractivity contribution in [2.75, 3.05) is 4.90 Å². The average Bonchev–Trinajstić information content (AvgIpc) is 3.30. The third-order valence-corrected chi connectivity index (χ3v) is 5.93. The molecular formula is C25H18Cl2N4O2. The number of hydrogen-bond acceptors (Lipinski definition) is 4. The van der Waals surface area contributed by atoms with Crippen molar-refractivity contribution < 1.29 is 9.32 Å². The van der Waals surface area contributed by atoms with Crippen molar-refractivity contribution in [3.63, 3.8) is 0 Å². The van der Waals surface area contributed by atoms with Gasteiger partial charge in [0.15, 0.2) is 0 Å². The number of amides is 2. The fraction of sp³-hybridized carbons (Fsp3) is 0.0800. The Morgan fingerprint density at radius 2 is 1.70 bits per heavy atom. The van der Waals surface area contributed by atoms with Crippen molar-refractivity contribution in [2.45, 2.75) is 13.0 Å². The van der Waals surface area contributed by atoms with Gasteiger partial charge >= 0.3 is 6.03 Å². The van der Waals surface area contributed by atoms with Crippen molar-refractivity contribution >= 4 is 40.5 Å². The maximum absolute atomic E-state index is 13.2. The monoisotopic (exact) mass is 476 g/mol. The Labute approximate surface area is 200 Å². The summed E-state index contributed by atoms with van der Waals surface area (Å²) in [6.07, 6.45) is 0. The van der Waals surface area contributed by atoms with Gasteiger partial charge in [-0.15, -0.1) is 0 Å². The Morgan fingerprint density at radius 3 is 2.42 bits per heavy atom. The van der Waals surface area contributed by atoms with Crippen LogP contribution in [0.5, 0.6) is 0 Å². The van der Waals surface area contributed by atoms with E-state index in [9.17, 15) is 4.79 Å². The SMILES string of the molecule is CC1=C(c2nc(-c3ccccc3)no2)C(c2cccc(Cl)c2)NC(=O)N1c1ccc(Cl)cc1. The molecule has 0 spiro atoms. The highest BCUT2D eigenvalue weighted by Gasteiger charge is 2.36. The van der Waals surface area contributed by atoms with Crippen LogP contribution < -0.4 is 10.2 Å². The standard InChI is InChI=1S/C25H18Cl2N4O2/c1-15-21(24-29-23(30-33-24)16-6-3-2-4-7-16)22(17-8-5-9-19(27)14-17)28-25(32)31(15)20-12-10-18(26)11-13-20/h2-14,22H,1H3,(H,28,32). The average molecular weight is 477 g/mol. The van der Waals surface area contributed by atoms with Crippen molar-refractivity contribution in [1.29, 1.82) is 0 Å². The van der Waals surface area contributed by atoms with Crippen molar-refractivity contribution in [3.05, 3.63) is 106 Å². The summed E-state index contributed by atoms with van der Waals surface area (Å²) in [6, 6.07) is 23.1. The third-order valence-electron chi connectivity index (χ3n) is 5.44. The van der Waals surface area contributed by atoms with Crippen LogP contribution in [0.25, 0.3) is 17.0 Å². The molecule has 1 aliphatic heterocycles. The highest BCUT2D eigenvalue weighted by Crippen LogP contribution is 2.39. The Morgan fingerprint density at radius 1 is 0.939 bits per heavy atom. The Balaban J connectivity index is 1.66. The molecule has 4 aromatic rings. The minimum atomic E-state index is -0.524. The minimum absolute atomic E-state index is 0.286. The molecule has 2 heterocycles. The normalized spacial score (nSPS) is 16.2. The highest BCUT2D eigenvalue weighted by molar-refractivity contribution is 6.31. The number of allylic oxidation sites excluding steroid dienone is 1. The molecule has 1 aliphatic rings. The topological polar surface area (TPSA) is 71.3 Å². The molecular weight excluding hydrogens is 459 g/mol. The fourth-order valence-corrected chi connectivity index (χ4v) is 4.22. The zero-order valence-corrected chi connectivity index (χ0v) is 19.0. The molecule has 1 unspecified atom stereocenters. The van der Waals surface area contributed by atoms with Gasteiger partial charge in [-0.1, -0.05) is 70.8 Å². The first-order valence-electron chi connectivity index (χ1n) is 10.2. The molecule has 0 aliphatic carbocycles. The van der Waals surface area contributed by atoms with E-state index in [2.05, 4.69) is 15.5 Å². The second-order valence-electron chi connectivity index (χ2n) is 7.54. The lowest BCUT2D eigenvalue weighted by Crippen LogP contribution is -2.46. The molecule has 3 aromatic carbocycles. The van der Waals surface area contributed by atoms with Crippen molar-refractivity contribution in [3.8, 4) is 11.4 Å². The van der Waals surface area contributed by atoms with Crippen LogP contribution in [0.4, 0.5) is 10.5 Å². The van der Waals surface area contributed by atoms with Gasteiger partial charge < -0.3 is 9.84 Å². The number of carbonyl (C=O) groups excluding carboxylic acids is 1. The second kappa shape index (κ2) is 8.73. The Bertz CT molecular complexity index is 1350. The number of halogens is 2. The summed E-state index contributed by atoms with van der Waals surface area (Å²) >= 11 is 12.3. The van der Waals surface area contributed by atoms with E-state index < -0.39 is 6.04 Å². The van der Waals surface area contributed by atoms with Gasteiger partial charge in [0.2, 0.25) is 5.82 Å². The molecule has 1 N–H and O–H groups in total. The van der Waals surface area contributed by atoms with Gasteiger partial charge in [0, 0.05) is 21.3 Å². The number of nitrogens with one attached hydrogen (secondary N) is 1. The van der Waals surface area contributed by atoms with Crippen LogP contribution in [0.1, 0.15) is 24.4 Å². The molecule has 0 saturated heterocycles. The number of carbonyl (C=O) groups is 1. The van der Waals surface area contributed by atoms with Crippen LogP contribution in [0, 0.1) is 0 Å². The van der Waals surface area contributed by atoms with E-state index in [0.717, 1.165) is 11.1 Å². The predicted octanol–water partition coefficient (Wildman–Crippen LogP) is 6.75. The van der Waals surface area contributed by atoms with E-state index in [1.54, 1.807) is 35.2 Å². The molecule has 1 atom stereocenters. The number of benzene rings is 3. The van der Waals surface area contributed by atoms with E-state index in [0.29, 0.717) is 38.7 Å². The molecule has 0 saturated carbocycles. The summed E-state index contributed by atoms with van der Waals surface area (Å²) in [5.41, 5.74) is 3.65. The van der Waals surface area contributed by atoms with Gasteiger partial charge in [-0.05, 0) is 48.9 Å². The predicted molar refractivity (Wildman–Crippen MR) is 129 cm³/mol. The van der Waals surface area contributed by atoms with E-state index in [-0.39, 0.29) is 6.03 Å². The zero-order valence-electron chi connectivity index (χ0n) is 17.5. The number of hydrogen-bond donors (Lipinski definition) is 1. The second-order valence-corrected chi connectivity index (χ2v) is 8.41. The Kier molecular flexibility index (Phi) is 5.62. The van der Waals surface area contributed by atoms with Gasteiger partial charge in [-0.3, -0.25) is 4.90 Å². The molecule has 2 amide bonds. The molecule has 5 rings (SSSR count). The summed E-state index contributed by atoms with van der Waals surface area (Å²) in [5, 5.41) is 8.38. The third kappa shape index (κ3) is 4.11. The van der Waals surface area contributed by atoms with E-state index in [1.807, 2.05) is 55.5 Å². The molecule has 0 fully saturated rings. The number of nitrogens with zero attached hydrogens (tertiary/aromatic N) is 3. The summed E-state index contributed by atoms with van der Waals surface area (Å²) in [5.74, 6) is 0.779. The molecule has 33 heavy (non-hydrogen) atoms. The summed E-state index contributed by atoms with van der Waals surface area (Å²) in [4.78, 5) is 19.4. The smallest absolute Gasteiger partial charge is 0.326 e. The lowest BCUT2D eigenvalue weighted by atomic mass is 9.94. The molecule has 1 aromatic heterocycles. The number of anilines is 1. The number of urea groups is 1. The van der Waals surface area contributed by atoms with Crippen LogP contribution in [0.2, 0.25) is 10.0 Å². The quantitative estimate of drug-likeness (QED) is 0.353. The van der Waals surface area contributed by atoms with E-state index in [4.69, 9.17) is 27.7 Å². The summed E-state index contributed by atoms with van der Waals surface area (Å²) in [6.45, 7) is 1.85. The minimum Gasteiger partial charge on any atom is -0.334 e. The van der Waals surface area contributed by atoms with Gasteiger partial charge in [0.1, 0.15) is 0 Å². The van der Waals surface area contributed by atoms with Gasteiger partial charge in [0.05, 0.1) is 17.3 Å². The maximum Gasteiger partial charge on any atom is 0.326 e. The van der Waals surface area contributed by atoms with Crippen LogP contribution >= 0.6 is 23.2 Å². The largest absolute Gasteiger partial charge is 0.334 e. The fourth-order valence-electron chi connectivity index (χ4n) is 3.89. The van der Waals surface area contributed by atoms with Crippen LogP contribution in [-0.2, 0) is 0 Å². The van der Waals surface area contributed by atoms with Gasteiger partial charge in [-0.2, -0.15) is 4.98 Å². The van der Waals surface area contributed by atoms with Crippen LogP contribution in [0.3, 0.4) is 0 Å². The zero-order chi connectivity index (χ0) is 22.9. The molecule has 164 valence electrons. The van der Waals surface area contributed by atoms with Crippen LogP contribution in [0.15, 0.2) is 89.1 Å².